The molecule has 0 radical (unpaired) electrons. The molecule has 2 aromatic carbocycles. The van der Waals surface area contributed by atoms with Gasteiger partial charge in [-0.05, 0) is 86.3 Å². The van der Waals surface area contributed by atoms with Gasteiger partial charge in [-0.15, -0.1) is 0 Å². The van der Waals surface area contributed by atoms with Crippen molar-refractivity contribution in [2.24, 2.45) is 0 Å². The number of rotatable bonds is 3. The summed E-state index contributed by atoms with van der Waals surface area (Å²) >= 11 is 0. The van der Waals surface area contributed by atoms with Crippen molar-refractivity contribution in [3.63, 3.8) is 0 Å². The molecule has 0 aliphatic carbocycles. The molecule has 0 atom stereocenters. The van der Waals surface area contributed by atoms with Crippen LogP contribution in [0.1, 0.15) is 38.3 Å². The molecule has 3 N–H and O–H groups in total. The van der Waals surface area contributed by atoms with Gasteiger partial charge < -0.3 is 15.5 Å². The first-order valence-corrected chi connectivity index (χ1v) is 10.0. The Balaban J connectivity index is 1.49. The van der Waals surface area contributed by atoms with Crippen LogP contribution in [0.5, 0.6) is 0 Å². The number of aryl methyl sites for hydroxylation is 4. The molecule has 0 spiro atoms. The number of carbonyl (C=O) groups is 1. The summed E-state index contributed by atoms with van der Waals surface area (Å²) in [6, 6.07) is 11.9. The summed E-state index contributed by atoms with van der Waals surface area (Å²) in [6.45, 7) is 8.51. The predicted octanol–water partition coefficient (Wildman–Crippen LogP) is 5.32. The minimum atomic E-state index is -0.123. The van der Waals surface area contributed by atoms with Gasteiger partial charge in [0, 0.05) is 39.3 Å². The average Bonchev–Trinajstić information content (AvgIpc) is 3.24. The van der Waals surface area contributed by atoms with E-state index >= 15 is 0 Å². The highest BCUT2D eigenvalue weighted by Gasteiger charge is 2.19. The van der Waals surface area contributed by atoms with E-state index in [1.165, 1.54) is 11.1 Å². The summed E-state index contributed by atoms with van der Waals surface area (Å²) in [5.74, 6) is 0.371. The van der Waals surface area contributed by atoms with Crippen LogP contribution in [-0.4, -0.2) is 10.9 Å². The number of pyridine rings is 1. The summed E-state index contributed by atoms with van der Waals surface area (Å²) in [4.78, 5) is 17.1. The Bertz CT molecular complexity index is 1440. The first kappa shape index (κ1) is 18.4. The average molecular weight is 397 g/mol. The van der Waals surface area contributed by atoms with Gasteiger partial charge in [-0.25, -0.2) is 4.98 Å². The Morgan fingerprint density at radius 1 is 0.900 bits per heavy atom. The summed E-state index contributed by atoms with van der Waals surface area (Å²) < 4.78 is 6.11. The van der Waals surface area contributed by atoms with E-state index in [9.17, 15) is 4.79 Å². The molecule has 3 heterocycles. The van der Waals surface area contributed by atoms with Crippen LogP contribution in [0, 0.1) is 27.7 Å². The fourth-order valence-corrected chi connectivity index (χ4v) is 4.30. The van der Waals surface area contributed by atoms with Gasteiger partial charge in [-0.2, -0.15) is 0 Å². The number of hydrogen-bond donors (Lipinski definition) is 2. The van der Waals surface area contributed by atoms with Crippen molar-refractivity contribution in [2.45, 2.75) is 34.2 Å². The van der Waals surface area contributed by atoms with Gasteiger partial charge in [-0.3, -0.25) is 4.79 Å². The van der Waals surface area contributed by atoms with Crippen molar-refractivity contribution in [3.05, 3.63) is 69.9 Å². The number of fused-ring (bicyclic) bond motifs is 8. The summed E-state index contributed by atoms with van der Waals surface area (Å²) in [6.07, 6.45) is 0. The number of nitrogen functional groups attached to an aromatic ring is 1. The standard InChI is InChI=1S/C25H23N3O2/c1-12-7-18-19(8-13(12)2)24-20-10-16(5-6-17(20)23(18)30-24)25(29)27-11-21-14(3)9-22(26)28-15(21)4/h5-10H,11H2,1-4H3,(H2,26,28)(H,27,29). The van der Waals surface area contributed by atoms with Gasteiger partial charge in [0.25, 0.3) is 5.91 Å². The van der Waals surface area contributed by atoms with E-state index in [-0.39, 0.29) is 5.91 Å². The van der Waals surface area contributed by atoms with Crippen molar-refractivity contribution >= 4 is 44.4 Å². The van der Waals surface area contributed by atoms with E-state index in [0.29, 0.717) is 17.9 Å². The number of nitrogens with zero attached hydrogens (tertiary/aromatic N) is 1. The lowest BCUT2D eigenvalue weighted by Crippen LogP contribution is -2.24. The Hall–Kier alpha value is -3.60. The van der Waals surface area contributed by atoms with Crippen LogP contribution >= 0.6 is 0 Å². The molecule has 5 nitrogen and oxygen atoms in total. The highest BCUT2D eigenvalue weighted by atomic mass is 16.3. The van der Waals surface area contributed by atoms with E-state index in [1.807, 2.05) is 38.1 Å². The van der Waals surface area contributed by atoms with Gasteiger partial charge in [-0.1, -0.05) is 0 Å². The maximum absolute atomic E-state index is 12.8. The van der Waals surface area contributed by atoms with E-state index in [2.05, 4.69) is 36.3 Å². The minimum absolute atomic E-state index is 0.123. The number of nitrogens with two attached hydrogens (primary N) is 1. The molecule has 5 rings (SSSR count). The van der Waals surface area contributed by atoms with Crippen molar-refractivity contribution in [1.82, 2.24) is 10.3 Å². The van der Waals surface area contributed by atoms with Crippen LogP contribution in [0.4, 0.5) is 5.82 Å². The maximum Gasteiger partial charge on any atom is 0.251 e. The predicted molar refractivity (Wildman–Crippen MR) is 121 cm³/mol. The number of amides is 1. The molecule has 0 saturated carbocycles. The molecule has 150 valence electrons. The van der Waals surface area contributed by atoms with Crippen LogP contribution in [0.2, 0.25) is 0 Å². The second-order valence-electron chi connectivity index (χ2n) is 8.11. The Morgan fingerprint density at radius 3 is 2.20 bits per heavy atom. The Morgan fingerprint density at radius 2 is 1.53 bits per heavy atom. The van der Waals surface area contributed by atoms with Crippen molar-refractivity contribution < 1.29 is 9.21 Å². The van der Waals surface area contributed by atoms with E-state index in [0.717, 1.165) is 49.5 Å². The number of aromatic nitrogens is 1. The Kier molecular flexibility index (Phi) is 3.97. The first-order chi connectivity index (χ1) is 14.3. The number of hydrogen-bond acceptors (Lipinski definition) is 4. The van der Waals surface area contributed by atoms with Gasteiger partial charge in [0.2, 0.25) is 0 Å². The zero-order chi connectivity index (χ0) is 21.2. The summed E-state index contributed by atoms with van der Waals surface area (Å²) in [5.41, 5.74) is 13.5. The lowest BCUT2D eigenvalue weighted by molar-refractivity contribution is 0.0951. The molecule has 0 aliphatic heterocycles. The second-order valence-corrected chi connectivity index (χ2v) is 8.11. The molecule has 0 fully saturated rings. The number of anilines is 1. The molecule has 0 unspecified atom stereocenters. The van der Waals surface area contributed by atoms with E-state index in [1.54, 1.807) is 0 Å². The molecule has 1 amide bonds. The van der Waals surface area contributed by atoms with Crippen molar-refractivity contribution in [3.8, 4) is 0 Å². The van der Waals surface area contributed by atoms with Crippen LogP contribution < -0.4 is 11.1 Å². The molecule has 5 heteroatoms. The van der Waals surface area contributed by atoms with Crippen LogP contribution in [0.3, 0.4) is 0 Å². The highest BCUT2D eigenvalue weighted by molar-refractivity contribution is 6.26. The lowest BCUT2D eigenvalue weighted by Gasteiger charge is -2.11. The normalized spacial score (nSPS) is 11.7. The van der Waals surface area contributed by atoms with Crippen LogP contribution in [0.25, 0.3) is 32.7 Å². The fourth-order valence-electron chi connectivity index (χ4n) is 4.30. The largest absolute Gasteiger partial charge is 0.455 e. The third kappa shape index (κ3) is 2.70. The topological polar surface area (TPSA) is 81.2 Å². The maximum atomic E-state index is 12.8. The van der Waals surface area contributed by atoms with Crippen molar-refractivity contribution in [2.75, 3.05) is 5.73 Å². The highest BCUT2D eigenvalue weighted by Crippen LogP contribution is 2.41. The second kappa shape index (κ2) is 6.46. The smallest absolute Gasteiger partial charge is 0.251 e. The van der Waals surface area contributed by atoms with Gasteiger partial charge in [0.05, 0.1) is 0 Å². The molecular formula is C25H23N3O2. The zero-order valence-corrected chi connectivity index (χ0v) is 17.5. The molecular weight excluding hydrogens is 374 g/mol. The molecule has 5 aromatic rings. The molecule has 0 saturated heterocycles. The monoisotopic (exact) mass is 397 g/mol. The molecule has 2 bridgehead atoms. The number of furan rings is 2. The minimum Gasteiger partial charge on any atom is -0.455 e. The number of nitrogens with one attached hydrogen (secondary N) is 1. The fraction of sp³-hybridized carbons (Fsp3) is 0.200. The first-order valence-electron chi connectivity index (χ1n) is 10.0. The molecule has 3 aromatic heterocycles. The summed E-state index contributed by atoms with van der Waals surface area (Å²) in [5, 5.41) is 7.29. The number of benzene rings is 3. The third-order valence-electron chi connectivity index (χ3n) is 6.10. The lowest BCUT2D eigenvalue weighted by atomic mass is 9.98. The van der Waals surface area contributed by atoms with Gasteiger partial charge in [0.1, 0.15) is 17.0 Å². The van der Waals surface area contributed by atoms with E-state index in [4.69, 9.17) is 10.2 Å². The van der Waals surface area contributed by atoms with Crippen LogP contribution in [-0.2, 0) is 6.54 Å². The van der Waals surface area contributed by atoms with Gasteiger partial charge >= 0.3 is 0 Å². The number of carbonyl (C=O) groups excluding carboxylic acids is 1. The zero-order valence-electron chi connectivity index (χ0n) is 17.5. The molecule has 30 heavy (non-hydrogen) atoms. The third-order valence-corrected chi connectivity index (χ3v) is 6.10. The SMILES string of the molecule is Cc1cc2c(cc1C)c1oc2c2ccc(C(=O)NCc3c(C)cc(N)nc3C)cc21. The van der Waals surface area contributed by atoms with Gasteiger partial charge in [0.15, 0.2) is 0 Å². The van der Waals surface area contributed by atoms with Crippen LogP contribution in [0.15, 0.2) is 40.8 Å². The Labute approximate surface area is 174 Å². The summed E-state index contributed by atoms with van der Waals surface area (Å²) in [7, 11) is 0. The van der Waals surface area contributed by atoms with E-state index < -0.39 is 0 Å². The molecule has 0 aliphatic rings. The van der Waals surface area contributed by atoms with Crippen molar-refractivity contribution in [1.29, 1.82) is 0 Å². The quantitative estimate of drug-likeness (QED) is 0.404.